The Balaban J connectivity index is 1.48. The highest BCUT2D eigenvalue weighted by Crippen LogP contribution is 2.47. The van der Waals surface area contributed by atoms with Gasteiger partial charge in [0.25, 0.3) is 0 Å². The van der Waals surface area contributed by atoms with E-state index in [1.165, 1.54) is 4.90 Å². The van der Waals surface area contributed by atoms with Gasteiger partial charge in [-0.25, -0.2) is 42.1 Å². The molecule has 0 saturated carbocycles. The van der Waals surface area contributed by atoms with Crippen molar-refractivity contribution >= 4 is 57.1 Å². The Labute approximate surface area is 275 Å². The highest BCUT2D eigenvalue weighted by Gasteiger charge is 2.53. The molecule has 3 aliphatic rings. The van der Waals surface area contributed by atoms with Crippen LogP contribution >= 0.6 is 11.8 Å². The molecule has 16 heteroatoms. The summed E-state index contributed by atoms with van der Waals surface area (Å²) < 4.78 is 74.5. The molecule has 11 nitrogen and oxygen atoms in total. The fraction of sp³-hybridized carbons (Fsp3) is 0.406. The SMILES string of the molecule is CSc1nc2c3c(nc(-c4cc(NC(=O)OC(C)(C)C)c(F)c5ccc(F)c(F)c45)c(F)c3n1)OC(C)C1C3CCC(CN21)N3C(=O)O. The van der Waals surface area contributed by atoms with E-state index in [9.17, 15) is 19.1 Å². The Kier molecular flexibility index (Phi) is 7.49. The number of thioether (sulfide) groups is 1. The van der Waals surface area contributed by atoms with Gasteiger partial charge in [-0.15, -0.1) is 0 Å². The number of rotatable bonds is 3. The number of hydrogen-bond acceptors (Lipinski definition) is 9. The fourth-order valence-corrected chi connectivity index (χ4v) is 7.46. The number of pyridine rings is 1. The predicted molar refractivity (Wildman–Crippen MR) is 170 cm³/mol. The number of benzene rings is 2. The molecule has 0 aliphatic carbocycles. The van der Waals surface area contributed by atoms with Crippen LogP contribution in [0.1, 0.15) is 40.5 Å². The number of nitrogens with zero attached hydrogens (tertiary/aromatic N) is 5. The van der Waals surface area contributed by atoms with E-state index >= 15 is 13.2 Å². The van der Waals surface area contributed by atoms with E-state index in [-0.39, 0.29) is 40.1 Å². The third kappa shape index (κ3) is 4.99. The topological polar surface area (TPSA) is 130 Å². The average Bonchev–Trinajstić information content (AvgIpc) is 3.27. The normalized spacial score (nSPS) is 21.6. The molecule has 3 aliphatic heterocycles. The number of carbonyl (C=O) groups excluding carboxylic acids is 1. The maximum absolute atomic E-state index is 16.9. The quantitative estimate of drug-likeness (QED) is 0.133. The number of carboxylic acid groups (broad SMARTS) is 1. The highest BCUT2D eigenvalue weighted by atomic mass is 32.2. The number of amides is 2. The average molecular weight is 687 g/mol. The minimum atomic E-state index is -1.46. The van der Waals surface area contributed by atoms with Crippen molar-refractivity contribution in [2.24, 2.45) is 0 Å². The molecule has 2 saturated heterocycles. The van der Waals surface area contributed by atoms with Crippen LogP contribution in [0, 0.1) is 23.3 Å². The summed E-state index contributed by atoms with van der Waals surface area (Å²) in [7, 11) is 0. The first-order chi connectivity index (χ1) is 22.7. The molecule has 4 unspecified atom stereocenters. The summed E-state index contributed by atoms with van der Waals surface area (Å²) in [6.45, 7) is 6.83. The smallest absolute Gasteiger partial charge is 0.412 e. The number of ether oxygens (including phenoxy) is 2. The zero-order valence-corrected chi connectivity index (χ0v) is 27.2. The molecule has 2 aromatic carbocycles. The van der Waals surface area contributed by atoms with E-state index in [0.29, 0.717) is 18.7 Å². The van der Waals surface area contributed by atoms with Gasteiger partial charge >= 0.3 is 12.2 Å². The first-order valence-electron chi connectivity index (χ1n) is 15.2. The molecular weight excluding hydrogens is 656 g/mol. The van der Waals surface area contributed by atoms with Crippen LogP contribution in [0.5, 0.6) is 5.88 Å². The van der Waals surface area contributed by atoms with Crippen molar-refractivity contribution in [2.75, 3.05) is 23.0 Å². The van der Waals surface area contributed by atoms with Crippen molar-refractivity contribution in [1.82, 2.24) is 19.9 Å². The number of piperazine rings is 1. The van der Waals surface area contributed by atoms with Crippen LogP contribution in [0.15, 0.2) is 23.4 Å². The summed E-state index contributed by atoms with van der Waals surface area (Å²) in [6, 6.07) is 1.37. The van der Waals surface area contributed by atoms with E-state index in [2.05, 4.69) is 15.3 Å². The molecular formula is C32H30F4N6O5S. The van der Waals surface area contributed by atoms with Gasteiger partial charge in [0.1, 0.15) is 34.1 Å². The van der Waals surface area contributed by atoms with Crippen LogP contribution in [-0.2, 0) is 4.74 Å². The van der Waals surface area contributed by atoms with Crippen molar-refractivity contribution in [2.45, 2.75) is 75.5 Å². The van der Waals surface area contributed by atoms with Gasteiger partial charge in [-0.05, 0) is 65.0 Å². The lowest BCUT2D eigenvalue weighted by atomic mass is 9.97. The van der Waals surface area contributed by atoms with Crippen LogP contribution < -0.4 is 15.0 Å². The summed E-state index contributed by atoms with van der Waals surface area (Å²) in [5, 5.41) is 11.5. The lowest BCUT2D eigenvalue weighted by Gasteiger charge is -2.47. The standard InChI is InChI=1S/C32H30F4N6O5S/c1-12-26-18-9-6-13(42(18)31(44)45)11-41(26)27-20-25(39-29(40-27)48-5)23(36)24(38-28(20)46-12)15-10-17(37-30(43)47-32(2,3)4)21(34)14-7-8-16(33)22(35)19(14)15/h7-8,10,12-13,18,26H,6,9,11H2,1-5H3,(H,37,43)(H,44,45). The van der Waals surface area contributed by atoms with Crippen molar-refractivity contribution in [1.29, 1.82) is 0 Å². The number of halogens is 4. The summed E-state index contributed by atoms with van der Waals surface area (Å²) in [5.74, 6) is -4.74. The molecule has 2 N–H and O–H groups in total. The van der Waals surface area contributed by atoms with Crippen LogP contribution in [0.4, 0.5) is 38.7 Å². The molecule has 5 heterocycles. The summed E-state index contributed by atoms with van der Waals surface area (Å²) in [4.78, 5) is 41.9. The van der Waals surface area contributed by atoms with Crippen LogP contribution in [0.2, 0.25) is 0 Å². The second kappa shape index (κ2) is 11.2. The van der Waals surface area contributed by atoms with Gasteiger partial charge < -0.3 is 19.5 Å². The molecule has 0 spiro atoms. The van der Waals surface area contributed by atoms with E-state index in [1.807, 2.05) is 4.90 Å². The van der Waals surface area contributed by atoms with Crippen LogP contribution in [-0.4, -0.2) is 79.8 Å². The lowest BCUT2D eigenvalue weighted by molar-refractivity contribution is 0.0634. The molecule has 252 valence electrons. The maximum Gasteiger partial charge on any atom is 0.412 e. The summed E-state index contributed by atoms with van der Waals surface area (Å²) in [5.41, 5.74) is -2.60. The fourth-order valence-electron chi connectivity index (χ4n) is 7.10. The minimum absolute atomic E-state index is 0.122. The Morgan fingerprint density at radius 1 is 1.06 bits per heavy atom. The molecule has 2 aromatic heterocycles. The first kappa shape index (κ1) is 32.0. The molecule has 4 atom stereocenters. The van der Waals surface area contributed by atoms with Crippen LogP contribution in [0.25, 0.3) is 32.9 Å². The van der Waals surface area contributed by atoms with Gasteiger partial charge in [0.05, 0.1) is 23.8 Å². The number of anilines is 2. The van der Waals surface area contributed by atoms with E-state index in [0.717, 1.165) is 30.0 Å². The largest absolute Gasteiger partial charge is 0.472 e. The van der Waals surface area contributed by atoms with Crippen molar-refractivity contribution in [3.63, 3.8) is 0 Å². The molecule has 2 amide bonds. The number of aromatic nitrogens is 3. The monoisotopic (exact) mass is 686 g/mol. The summed E-state index contributed by atoms with van der Waals surface area (Å²) in [6.07, 6.45) is 0.146. The third-order valence-electron chi connectivity index (χ3n) is 8.89. The third-order valence-corrected chi connectivity index (χ3v) is 9.44. The Hall–Kier alpha value is -4.60. The molecule has 7 rings (SSSR count). The van der Waals surface area contributed by atoms with Crippen molar-refractivity contribution in [3.8, 4) is 17.1 Å². The van der Waals surface area contributed by atoms with Crippen molar-refractivity contribution in [3.05, 3.63) is 41.5 Å². The molecule has 4 aromatic rings. The molecule has 2 fully saturated rings. The number of nitrogens with one attached hydrogen (secondary N) is 1. The second-order valence-electron chi connectivity index (χ2n) is 13.0. The number of carbonyl (C=O) groups is 2. The highest BCUT2D eigenvalue weighted by molar-refractivity contribution is 7.98. The van der Waals surface area contributed by atoms with Gasteiger partial charge in [0.15, 0.2) is 28.4 Å². The summed E-state index contributed by atoms with van der Waals surface area (Å²) >= 11 is 1.14. The van der Waals surface area contributed by atoms with Gasteiger partial charge in [-0.1, -0.05) is 11.8 Å². The predicted octanol–water partition coefficient (Wildman–Crippen LogP) is 6.95. The van der Waals surface area contributed by atoms with E-state index < -0.39 is 81.4 Å². The van der Waals surface area contributed by atoms with Crippen molar-refractivity contribution < 1.29 is 41.7 Å². The minimum Gasteiger partial charge on any atom is -0.472 e. The Morgan fingerprint density at radius 2 is 1.81 bits per heavy atom. The molecule has 0 radical (unpaired) electrons. The maximum atomic E-state index is 16.9. The van der Waals surface area contributed by atoms with Crippen LogP contribution in [0.3, 0.4) is 0 Å². The van der Waals surface area contributed by atoms with E-state index in [1.54, 1.807) is 34.0 Å². The number of fused-ring (bicyclic) bond motifs is 6. The van der Waals surface area contributed by atoms with Gasteiger partial charge in [-0.3, -0.25) is 10.2 Å². The van der Waals surface area contributed by atoms with E-state index in [4.69, 9.17) is 14.5 Å². The Morgan fingerprint density at radius 3 is 2.50 bits per heavy atom. The number of hydrogen-bond donors (Lipinski definition) is 2. The molecule has 48 heavy (non-hydrogen) atoms. The second-order valence-corrected chi connectivity index (χ2v) is 13.8. The zero-order chi connectivity index (χ0) is 34.4. The molecule has 2 bridgehead atoms. The lowest BCUT2D eigenvalue weighted by Crippen LogP contribution is -2.64. The Bertz CT molecular complexity index is 2050. The van der Waals surface area contributed by atoms with Gasteiger partial charge in [0, 0.05) is 22.9 Å². The first-order valence-corrected chi connectivity index (χ1v) is 16.4. The van der Waals surface area contributed by atoms with Gasteiger partial charge in [0.2, 0.25) is 5.88 Å². The van der Waals surface area contributed by atoms with Gasteiger partial charge in [-0.2, -0.15) is 0 Å². The zero-order valence-electron chi connectivity index (χ0n) is 26.4.